The molecule has 0 aromatic heterocycles. The van der Waals surface area contributed by atoms with E-state index in [4.69, 9.17) is 0 Å². The number of benzene rings is 2. The van der Waals surface area contributed by atoms with Crippen molar-refractivity contribution in [3.63, 3.8) is 0 Å². The molecule has 1 unspecified atom stereocenters. The van der Waals surface area contributed by atoms with Crippen molar-refractivity contribution in [2.24, 2.45) is 0 Å². The molecule has 28 heavy (non-hydrogen) atoms. The number of likely N-dealkylation sites (tertiary alicyclic amines) is 1. The van der Waals surface area contributed by atoms with E-state index in [1.54, 1.807) is 18.2 Å². The van der Waals surface area contributed by atoms with Crippen LogP contribution in [-0.2, 0) is 14.8 Å². The third-order valence-corrected chi connectivity index (χ3v) is 7.23. The van der Waals surface area contributed by atoms with Gasteiger partial charge in [-0.05, 0) is 67.6 Å². The number of hydrogen-bond acceptors (Lipinski definition) is 3. The van der Waals surface area contributed by atoms with Gasteiger partial charge in [0.25, 0.3) is 0 Å². The van der Waals surface area contributed by atoms with Crippen molar-refractivity contribution in [2.75, 3.05) is 13.1 Å². The highest BCUT2D eigenvalue weighted by atomic mass is 79.9. The van der Waals surface area contributed by atoms with Gasteiger partial charge >= 0.3 is 0 Å². The zero-order valence-electron chi connectivity index (χ0n) is 16.1. The maximum absolute atomic E-state index is 12.7. The highest BCUT2D eigenvalue weighted by Gasteiger charge is 2.29. The van der Waals surface area contributed by atoms with Crippen LogP contribution in [-0.4, -0.2) is 32.3 Å². The van der Waals surface area contributed by atoms with Crippen LogP contribution in [0.15, 0.2) is 51.8 Å². The Morgan fingerprint density at radius 2 is 1.86 bits per heavy atom. The van der Waals surface area contributed by atoms with Gasteiger partial charge in [0.05, 0.1) is 10.9 Å². The van der Waals surface area contributed by atoms with E-state index in [9.17, 15) is 13.2 Å². The van der Waals surface area contributed by atoms with Crippen molar-refractivity contribution in [3.8, 4) is 0 Å². The highest BCUT2D eigenvalue weighted by Crippen LogP contribution is 2.32. The first-order valence-corrected chi connectivity index (χ1v) is 11.7. The number of carbonyl (C=O) groups excluding carboxylic acids is 1. The fourth-order valence-electron chi connectivity index (χ4n) is 3.50. The number of halogens is 1. The molecule has 1 aliphatic heterocycles. The molecular formula is C21H25BrN2O3S. The molecule has 1 N–H and O–H groups in total. The van der Waals surface area contributed by atoms with Crippen molar-refractivity contribution in [2.45, 2.75) is 44.0 Å². The van der Waals surface area contributed by atoms with Crippen LogP contribution in [0.4, 0.5) is 0 Å². The smallest absolute Gasteiger partial charge is 0.240 e. The Bertz CT molecular complexity index is 958. The van der Waals surface area contributed by atoms with Crippen LogP contribution in [0.5, 0.6) is 0 Å². The normalized spacial score (nSPS) is 17.1. The molecule has 1 saturated heterocycles. The Morgan fingerprint density at radius 1 is 1.14 bits per heavy atom. The van der Waals surface area contributed by atoms with E-state index in [0.717, 1.165) is 34.0 Å². The van der Waals surface area contributed by atoms with Crippen molar-refractivity contribution >= 4 is 31.9 Å². The van der Waals surface area contributed by atoms with Gasteiger partial charge in [0, 0.05) is 24.0 Å². The van der Waals surface area contributed by atoms with Crippen LogP contribution in [0.3, 0.4) is 0 Å². The lowest BCUT2D eigenvalue weighted by Gasteiger charge is -2.25. The topological polar surface area (TPSA) is 66.5 Å². The number of aryl methyl sites for hydroxylation is 2. The standard InChI is InChI=1S/C21H25BrN2O3S/c1-15-5-10-19(14-16(15)2)28(26,27)23-12-11-21(25)24-13-3-4-20(24)17-6-8-18(22)9-7-17/h5-10,14,20,23H,3-4,11-13H2,1-2H3. The molecule has 0 aliphatic carbocycles. The Balaban J connectivity index is 1.60. The average Bonchev–Trinajstić information content (AvgIpc) is 3.14. The molecule has 1 aliphatic rings. The van der Waals surface area contributed by atoms with Gasteiger partial charge in [-0.3, -0.25) is 4.79 Å². The molecule has 0 bridgehead atoms. The van der Waals surface area contributed by atoms with E-state index < -0.39 is 10.0 Å². The van der Waals surface area contributed by atoms with E-state index in [0.29, 0.717) is 6.54 Å². The number of rotatable bonds is 6. The summed E-state index contributed by atoms with van der Waals surface area (Å²) in [6.07, 6.45) is 2.04. The first-order valence-electron chi connectivity index (χ1n) is 9.40. The lowest BCUT2D eigenvalue weighted by atomic mass is 10.0. The molecule has 1 atom stereocenters. The molecule has 0 saturated carbocycles. The van der Waals surface area contributed by atoms with Gasteiger partial charge in [-0.15, -0.1) is 0 Å². The molecular weight excluding hydrogens is 440 g/mol. The lowest BCUT2D eigenvalue weighted by molar-refractivity contribution is -0.131. The maximum Gasteiger partial charge on any atom is 0.240 e. The molecule has 0 spiro atoms. The van der Waals surface area contributed by atoms with Crippen molar-refractivity contribution in [1.29, 1.82) is 0 Å². The number of hydrogen-bond donors (Lipinski definition) is 1. The number of nitrogens with zero attached hydrogens (tertiary/aromatic N) is 1. The van der Waals surface area contributed by atoms with Crippen molar-refractivity contribution in [1.82, 2.24) is 9.62 Å². The molecule has 1 fully saturated rings. The van der Waals surface area contributed by atoms with Crippen LogP contribution < -0.4 is 4.72 Å². The minimum Gasteiger partial charge on any atom is -0.336 e. The molecule has 2 aromatic carbocycles. The first-order chi connectivity index (χ1) is 13.3. The summed E-state index contributed by atoms with van der Waals surface area (Å²) in [7, 11) is -3.62. The van der Waals surface area contributed by atoms with Gasteiger partial charge in [0.1, 0.15) is 0 Å². The van der Waals surface area contributed by atoms with Gasteiger partial charge in [0.15, 0.2) is 0 Å². The molecule has 7 heteroatoms. The summed E-state index contributed by atoms with van der Waals surface area (Å²) in [6, 6.07) is 13.1. The molecule has 5 nitrogen and oxygen atoms in total. The number of amides is 1. The zero-order valence-corrected chi connectivity index (χ0v) is 18.5. The first kappa shape index (κ1) is 21.0. The quantitative estimate of drug-likeness (QED) is 0.699. The second-order valence-corrected chi connectivity index (χ2v) is 9.87. The van der Waals surface area contributed by atoms with Gasteiger partial charge in [-0.25, -0.2) is 13.1 Å². The van der Waals surface area contributed by atoms with Crippen molar-refractivity contribution in [3.05, 3.63) is 63.6 Å². The summed E-state index contributed by atoms with van der Waals surface area (Å²) < 4.78 is 28.5. The Morgan fingerprint density at radius 3 is 2.54 bits per heavy atom. The van der Waals surface area contributed by atoms with E-state index in [2.05, 4.69) is 20.7 Å². The van der Waals surface area contributed by atoms with Crippen LogP contribution in [0.25, 0.3) is 0 Å². The van der Waals surface area contributed by atoms with E-state index in [1.165, 1.54) is 0 Å². The second-order valence-electron chi connectivity index (χ2n) is 7.19. The SMILES string of the molecule is Cc1ccc(S(=O)(=O)NCCC(=O)N2CCCC2c2ccc(Br)cc2)cc1C. The summed E-state index contributed by atoms with van der Waals surface area (Å²) in [4.78, 5) is 14.8. The predicted molar refractivity (Wildman–Crippen MR) is 114 cm³/mol. The number of carbonyl (C=O) groups is 1. The van der Waals surface area contributed by atoms with Crippen LogP contribution in [0, 0.1) is 13.8 Å². The largest absolute Gasteiger partial charge is 0.336 e. The van der Waals surface area contributed by atoms with E-state index >= 15 is 0 Å². The molecule has 1 amide bonds. The van der Waals surface area contributed by atoms with E-state index in [1.807, 2.05) is 43.0 Å². The monoisotopic (exact) mass is 464 g/mol. The Kier molecular flexibility index (Phi) is 6.58. The minimum absolute atomic E-state index is 0.0202. The van der Waals surface area contributed by atoms with E-state index in [-0.39, 0.29) is 29.8 Å². The second kappa shape index (κ2) is 8.76. The lowest BCUT2D eigenvalue weighted by Crippen LogP contribution is -2.34. The minimum atomic E-state index is -3.62. The number of nitrogens with one attached hydrogen (secondary N) is 1. The summed E-state index contributed by atoms with van der Waals surface area (Å²) in [6.45, 7) is 4.63. The third kappa shape index (κ3) is 4.82. The molecule has 2 aromatic rings. The summed E-state index contributed by atoms with van der Waals surface area (Å²) in [5, 5.41) is 0. The fourth-order valence-corrected chi connectivity index (χ4v) is 4.88. The van der Waals surface area contributed by atoms with Gasteiger partial charge in [-0.1, -0.05) is 34.1 Å². The molecule has 3 rings (SSSR count). The third-order valence-electron chi connectivity index (χ3n) is 5.25. The molecule has 150 valence electrons. The van der Waals surface area contributed by atoms with Gasteiger partial charge in [-0.2, -0.15) is 0 Å². The fraction of sp³-hybridized carbons (Fsp3) is 0.381. The van der Waals surface area contributed by atoms with Crippen LogP contribution in [0.2, 0.25) is 0 Å². The van der Waals surface area contributed by atoms with Crippen LogP contribution in [0.1, 0.15) is 42.0 Å². The number of sulfonamides is 1. The predicted octanol–water partition coefficient (Wildman–Crippen LogP) is 4.10. The molecule has 0 radical (unpaired) electrons. The zero-order chi connectivity index (χ0) is 20.3. The van der Waals surface area contributed by atoms with Crippen LogP contribution >= 0.6 is 15.9 Å². The highest BCUT2D eigenvalue weighted by molar-refractivity contribution is 9.10. The Hall–Kier alpha value is -1.70. The van der Waals surface area contributed by atoms with Crippen molar-refractivity contribution < 1.29 is 13.2 Å². The Labute approximate surface area is 175 Å². The summed E-state index contributed by atoms with van der Waals surface area (Å²) in [5.41, 5.74) is 3.08. The summed E-state index contributed by atoms with van der Waals surface area (Å²) in [5.74, 6) is -0.0202. The van der Waals surface area contributed by atoms with Gasteiger partial charge in [0.2, 0.25) is 15.9 Å². The molecule has 1 heterocycles. The van der Waals surface area contributed by atoms with Gasteiger partial charge < -0.3 is 4.90 Å². The maximum atomic E-state index is 12.7. The summed E-state index contributed by atoms with van der Waals surface area (Å²) >= 11 is 3.43. The average molecular weight is 465 g/mol.